The van der Waals surface area contributed by atoms with E-state index >= 15 is 0 Å². The van der Waals surface area contributed by atoms with Gasteiger partial charge in [0.1, 0.15) is 0 Å². The van der Waals surface area contributed by atoms with Gasteiger partial charge in [-0.2, -0.15) is 0 Å². The average molecular weight is 333 g/mol. The number of aryl methyl sites for hydroxylation is 1. The molecule has 0 bridgehead atoms. The van der Waals surface area contributed by atoms with Gasteiger partial charge in [-0.25, -0.2) is 0 Å². The quantitative estimate of drug-likeness (QED) is 0.661. The molecule has 0 spiro atoms. The zero-order valence-electron chi connectivity index (χ0n) is 15.3. The van der Waals surface area contributed by atoms with Crippen molar-refractivity contribution >= 4 is 11.8 Å². The minimum absolute atomic E-state index is 0.0806. The summed E-state index contributed by atoms with van der Waals surface area (Å²) in [5, 5.41) is 0. The summed E-state index contributed by atoms with van der Waals surface area (Å²) in [6.07, 6.45) is 7.48. The first kappa shape index (κ1) is 18.6. The Morgan fingerprint density at radius 2 is 1.96 bits per heavy atom. The number of carbonyl (C=O) groups is 2. The highest BCUT2D eigenvalue weighted by Gasteiger charge is 2.33. The summed E-state index contributed by atoms with van der Waals surface area (Å²) >= 11 is 0. The Labute approximate surface area is 145 Å². The lowest BCUT2D eigenvalue weighted by molar-refractivity contribution is -0.141. The Balaban J connectivity index is 1.99. The molecule has 0 radical (unpaired) electrons. The van der Waals surface area contributed by atoms with Gasteiger partial charge >= 0.3 is 0 Å². The number of nitrogens with zero attached hydrogens (tertiary/aromatic N) is 3. The molecule has 1 fully saturated rings. The van der Waals surface area contributed by atoms with Crippen molar-refractivity contribution in [2.75, 3.05) is 13.1 Å². The van der Waals surface area contributed by atoms with Gasteiger partial charge in [-0.05, 0) is 37.8 Å². The van der Waals surface area contributed by atoms with Crippen molar-refractivity contribution in [2.45, 2.75) is 65.0 Å². The van der Waals surface area contributed by atoms with Crippen LogP contribution in [0, 0.1) is 0 Å². The Kier molecular flexibility index (Phi) is 6.88. The monoisotopic (exact) mass is 333 g/mol. The van der Waals surface area contributed by atoms with Crippen molar-refractivity contribution in [3.8, 4) is 0 Å². The number of hydrogen-bond acceptors (Lipinski definition) is 2. The van der Waals surface area contributed by atoms with Gasteiger partial charge in [0.25, 0.3) is 0 Å². The highest BCUT2D eigenvalue weighted by Crippen LogP contribution is 2.28. The molecule has 5 heteroatoms. The third-order valence-electron chi connectivity index (χ3n) is 4.61. The number of unbranched alkanes of at least 4 members (excludes halogenated alkanes) is 1. The molecule has 1 aromatic rings. The molecule has 0 aliphatic heterocycles. The second-order valence-corrected chi connectivity index (χ2v) is 6.78. The van der Waals surface area contributed by atoms with E-state index in [0.717, 1.165) is 37.8 Å². The normalized spacial score (nSPS) is 13.8. The van der Waals surface area contributed by atoms with Crippen LogP contribution in [0.25, 0.3) is 0 Å². The molecule has 2 rings (SSSR count). The van der Waals surface area contributed by atoms with Crippen LogP contribution in [-0.2, 0) is 23.2 Å². The third-order valence-corrected chi connectivity index (χ3v) is 4.61. The molecular weight excluding hydrogens is 302 g/mol. The molecule has 1 aliphatic carbocycles. The molecule has 0 atom stereocenters. The maximum atomic E-state index is 12.8. The number of rotatable bonds is 10. The van der Waals surface area contributed by atoms with E-state index in [1.165, 1.54) is 0 Å². The predicted octanol–water partition coefficient (Wildman–Crippen LogP) is 2.94. The van der Waals surface area contributed by atoms with Crippen LogP contribution in [0.3, 0.4) is 0 Å². The molecule has 0 N–H and O–H groups in total. The van der Waals surface area contributed by atoms with E-state index in [0.29, 0.717) is 25.6 Å². The summed E-state index contributed by atoms with van der Waals surface area (Å²) in [6, 6.07) is 4.41. The molecule has 134 valence electrons. The molecule has 1 heterocycles. The topological polar surface area (TPSA) is 45.6 Å². The van der Waals surface area contributed by atoms with Crippen LogP contribution < -0.4 is 0 Å². The molecule has 5 nitrogen and oxygen atoms in total. The largest absolute Gasteiger partial charge is 0.353 e. The van der Waals surface area contributed by atoms with E-state index in [4.69, 9.17) is 0 Å². The lowest BCUT2D eigenvalue weighted by atomic mass is 10.2. The highest BCUT2D eigenvalue weighted by molar-refractivity contribution is 5.85. The lowest BCUT2D eigenvalue weighted by Crippen LogP contribution is -2.44. The Hall–Kier alpha value is -1.78. The molecular formula is C19H31N3O2. The van der Waals surface area contributed by atoms with E-state index in [1.54, 1.807) is 4.90 Å². The van der Waals surface area contributed by atoms with Crippen molar-refractivity contribution in [3.63, 3.8) is 0 Å². The van der Waals surface area contributed by atoms with Crippen LogP contribution >= 0.6 is 0 Å². The fourth-order valence-electron chi connectivity index (χ4n) is 2.94. The first-order valence-electron chi connectivity index (χ1n) is 9.24. The molecule has 0 unspecified atom stereocenters. The maximum Gasteiger partial charge on any atom is 0.242 e. The molecule has 1 aliphatic rings. The second-order valence-electron chi connectivity index (χ2n) is 6.78. The van der Waals surface area contributed by atoms with Crippen molar-refractivity contribution < 1.29 is 9.59 Å². The SMILES string of the molecule is CCCCC(=O)N(CCC)CC(=O)N(Cc1cccn1C)C1CC1. The van der Waals surface area contributed by atoms with Crippen molar-refractivity contribution in [1.82, 2.24) is 14.4 Å². The van der Waals surface area contributed by atoms with E-state index in [-0.39, 0.29) is 18.4 Å². The Morgan fingerprint density at radius 1 is 1.21 bits per heavy atom. The van der Waals surface area contributed by atoms with Gasteiger partial charge < -0.3 is 14.4 Å². The molecule has 0 aromatic carbocycles. The minimum Gasteiger partial charge on any atom is -0.353 e. The zero-order chi connectivity index (χ0) is 17.5. The van der Waals surface area contributed by atoms with Gasteiger partial charge in [0.2, 0.25) is 11.8 Å². The standard InChI is InChI=1S/C19H31N3O2/c1-4-6-9-18(23)21(12-5-2)15-19(24)22(16-10-11-16)14-17-8-7-13-20(17)3/h7-8,13,16H,4-6,9-12,14-15H2,1-3H3. The smallest absolute Gasteiger partial charge is 0.242 e. The summed E-state index contributed by atoms with van der Waals surface area (Å²) in [6.45, 7) is 5.65. The summed E-state index contributed by atoms with van der Waals surface area (Å²) < 4.78 is 2.05. The summed E-state index contributed by atoms with van der Waals surface area (Å²) in [5.41, 5.74) is 1.13. The number of hydrogen-bond donors (Lipinski definition) is 0. The van der Waals surface area contributed by atoms with E-state index in [1.807, 2.05) is 31.1 Å². The predicted molar refractivity (Wildman–Crippen MR) is 95.4 cm³/mol. The molecule has 0 saturated heterocycles. The van der Waals surface area contributed by atoms with Gasteiger partial charge in [0, 0.05) is 37.9 Å². The van der Waals surface area contributed by atoms with Gasteiger partial charge in [-0.15, -0.1) is 0 Å². The van der Waals surface area contributed by atoms with Crippen molar-refractivity contribution in [1.29, 1.82) is 0 Å². The van der Waals surface area contributed by atoms with Crippen molar-refractivity contribution in [3.05, 3.63) is 24.0 Å². The van der Waals surface area contributed by atoms with E-state index < -0.39 is 0 Å². The first-order valence-corrected chi connectivity index (χ1v) is 9.24. The van der Waals surface area contributed by atoms with Crippen LogP contribution in [0.4, 0.5) is 0 Å². The third kappa shape index (κ3) is 5.11. The molecule has 1 aromatic heterocycles. The van der Waals surface area contributed by atoms with Crippen LogP contribution in [0.15, 0.2) is 18.3 Å². The molecule has 1 saturated carbocycles. The number of carbonyl (C=O) groups excluding carboxylic acids is 2. The van der Waals surface area contributed by atoms with Crippen LogP contribution in [-0.4, -0.2) is 45.3 Å². The van der Waals surface area contributed by atoms with Gasteiger partial charge in [-0.1, -0.05) is 20.3 Å². The highest BCUT2D eigenvalue weighted by atomic mass is 16.2. The first-order chi connectivity index (χ1) is 11.6. The average Bonchev–Trinajstić information content (AvgIpc) is 3.32. The number of aromatic nitrogens is 1. The summed E-state index contributed by atoms with van der Waals surface area (Å²) in [4.78, 5) is 28.9. The van der Waals surface area contributed by atoms with E-state index in [9.17, 15) is 9.59 Å². The summed E-state index contributed by atoms with van der Waals surface area (Å²) in [5.74, 6) is 0.193. The van der Waals surface area contributed by atoms with Crippen molar-refractivity contribution in [2.24, 2.45) is 7.05 Å². The molecule has 24 heavy (non-hydrogen) atoms. The van der Waals surface area contributed by atoms with Crippen LogP contribution in [0.1, 0.15) is 58.1 Å². The summed E-state index contributed by atoms with van der Waals surface area (Å²) in [7, 11) is 2.00. The Bertz CT molecular complexity index is 549. The Morgan fingerprint density at radius 3 is 2.50 bits per heavy atom. The zero-order valence-corrected chi connectivity index (χ0v) is 15.3. The lowest BCUT2D eigenvalue weighted by Gasteiger charge is -2.28. The van der Waals surface area contributed by atoms with Gasteiger partial charge in [0.15, 0.2) is 0 Å². The molecule has 2 amide bonds. The fraction of sp³-hybridized carbons (Fsp3) is 0.684. The minimum atomic E-state index is 0.0806. The van der Waals surface area contributed by atoms with E-state index in [2.05, 4.69) is 17.6 Å². The van der Waals surface area contributed by atoms with Gasteiger partial charge in [-0.3, -0.25) is 9.59 Å². The maximum absolute atomic E-state index is 12.8. The van der Waals surface area contributed by atoms with Crippen LogP contribution in [0.2, 0.25) is 0 Å². The number of amides is 2. The van der Waals surface area contributed by atoms with Crippen LogP contribution in [0.5, 0.6) is 0 Å². The fourth-order valence-corrected chi connectivity index (χ4v) is 2.94. The van der Waals surface area contributed by atoms with Gasteiger partial charge in [0.05, 0.1) is 13.1 Å². The second kappa shape index (κ2) is 8.90.